The van der Waals surface area contributed by atoms with Crippen LogP contribution in [0.3, 0.4) is 0 Å². The van der Waals surface area contributed by atoms with E-state index in [0.29, 0.717) is 18.6 Å². The van der Waals surface area contributed by atoms with Gasteiger partial charge in [0.2, 0.25) is 0 Å². The number of hydrogen-bond acceptors (Lipinski definition) is 3. The van der Waals surface area contributed by atoms with Gasteiger partial charge in [0.25, 0.3) is 0 Å². The molecule has 1 aromatic rings. The molecule has 1 aliphatic heterocycles. The van der Waals surface area contributed by atoms with Crippen LogP contribution in [0.2, 0.25) is 0 Å². The van der Waals surface area contributed by atoms with Gasteiger partial charge in [0.1, 0.15) is 12.4 Å². The van der Waals surface area contributed by atoms with Gasteiger partial charge in [0, 0.05) is 29.2 Å². The van der Waals surface area contributed by atoms with Crippen molar-refractivity contribution in [3.63, 3.8) is 0 Å². The van der Waals surface area contributed by atoms with E-state index < -0.39 is 0 Å². The van der Waals surface area contributed by atoms with Crippen molar-refractivity contribution >= 4 is 15.9 Å². The first-order valence-corrected chi connectivity index (χ1v) is 7.66. The number of hydrogen-bond donors (Lipinski definition) is 1. The summed E-state index contributed by atoms with van der Waals surface area (Å²) < 4.78 is 12.1. The van der Waals surface area contributed by atoms with E-state index in [1.54, 1.807) is 0 Å². The maximum absolute atomic E-state index is 5.58. The predicted octanol–water partition coefficient (Wildman–Crippen LogP) is 2.98. The van der Waals surface area contributed by atoms with Crippen LogP contribution in [-0.2, 0) is 11.3 Å². The molecular formula is C16H20BrNO2. The zero-order valence-electron chi connectivity index (χ0n) is 11.7. The Bertz CT molecular complexity index is 478. The molecule has 20 heavy (non-hydrogen) atoms. The van der Waals surface area contributed by atoms with Crippen LogP contribution in [0.15, 0.2) is 22.7 Å². The van der Waals surface area contributed by atoms with E-state index in [1.807, 2.05) is 12.1 Å². The van der Waals surface area contributed by atoms with Crippen LogP contribution in [0.5, 0.6) is 5.75 Å². The van der Waals surface area contributed by atoms with E-state index in [9.17, 15) is 0 Å². The predicted molar refractivity (Wildman–Crippen MR) is 83.7 cm³/mol. The fraction of sp³-hybridized carbons (Fsp3) is 0.500. The molecule has 2 rings (SSSR count). The summed E-state index contributed by atoms with van der Waals surface area (Å²) in [4.78, 5) is 0. The second-order valence-electron chi connectivity index (χ2n) is 5.04. The van der Waals surface area contributed by atoms with Crippen LogP contribution >= 0.6 is 15.9 Å². The average molecular weight is 338 g/mol. The molecule has 0 aromatic heterocycles. The zero-order chi connectivity index (χ0) is 14.4. The lowest BCUT2D eigenvalue weighted by Crippen LogP contribution is -2.33. The van der Waals surface area contributed by atoms with Crippen LogP contribution < -0.4 is 10.1 Å². The smallest absolute Gasteiger partial charge is 0.148 e. The van der Waals surface area contributed by atoms with Crippen molar-refractivity contribution in [3.05, 3.63) is 28.2 Å². The third-order valence-electron chi connectivity index (χ3n) is 3.62. The van der Waals surface area contributed by atoms with Gasteiger partial charge in [-0.1, -0.05) is 21.9 Å². The highest BCUT2D eigenvalue weighted by molar-refractivity contribution is 9.10. The minimum absolute atomic E-state index is 0.292. The summed E-state index contributed by atoms with van der Waals surface area (Å²) in [5.41, 5.74) is 1.11. The molecular weight excluding hydrogens is 318 g/mol. The number of rotatable bonds is 6. The van der Waals surface area contributed by atoms with Crippen molar-refractivity contribution < 1.29 is 9.47 Å². The monoisotopic (exact) mass is 337 g/mol. The third kappa shape index (κ3) is 4.24. The van der Waals surface area contributed by atoms with Gasteiger partial charge in [-0.2, -0.15) is 0 Å². The Morgan fingerprint density at radius 1 is 1.60 bits per heavy atom. The first-order valence-electron chi connectivity index (χ1n) is 6.86. The number of terminal acetylenes is 1. The van der Waals surface area contributed by atoms with E-state index in [4.69, 9.17) is 15.9 Å². The molecule has 1 aliphatic rings. The Balaban J connectivity index is 1.96. The van der Waals surface area contributed by atoms with Crippen molar-refractivity contribution in [3.8, 4) is 18.1 Å². The maximum atomic E-state index is 5.58. The Labute approximate surface area is 129 Å². The van der Waals surface area contributed by atoms with Crippen molar-refractivity contribution in [2.75, 3.05) is 19.8 Å². The molecule has 108 valence electrons. The standard InChI is InChI=1S/C16H20BrNO2/c1-3-7-20-16-5-4-15(17)9-14(16)10-18-12(2)13-6-8-19-11-13/h1,4-5,9,12-13,18H,6-8,10-11H2,2H3. The van der Waals surface area contributed by atoms with Crippen LogP contribution in [0.1, 0.15) is 18.9 Å². The van der Waals surface area contributed by atoms with Gasteiger partial charge in [-0.3, -0.25) is 0 Å². The largest absolute Gasteiger partial charge is 0.481 e. The lowest BCUT2D eigenvalue weighted by atomic mass is 10.0. The van der Waals surface area contributed by atoms with Crippen molar-refractivity contribution in [2.24, 2.45) is 5.92 Å². The number of benzene rings is 1. The van der Waals surface area contributed by atoms with Gasteiger partial charge < -0.3 is 14.8 Å². The summed E-state index contributed by atoms with van der Waals surface area (Å²) in [5, 5.41) is 3.55. The Morgan fingerprint density at radius 3 is 3.15 bits per heavy atom. The van der Waals surface area contributed by atoms with Crippen LogP contribution in [-0.4, -0.2) is 25.9 Å². The van der Waals surface area contributed by atoms with Gasteiger partial charge in [0.05, 0.1) is 6.61 Å². The van der Waals surface area contributed by atoms with E-state index in [0.717, 1.165) is 42.0 Å². The Kier molecular flexibility index (Phi) is 5.90. The lowest BCUT2D eigenvalue weighted by Gasteiger charge is -2.20. The van der Waals surface area contributed by atoms with Crippen molar-refractivity contribution in [1.82, 2.24) is 5.32 Å². The fourth-order valence-corrected chi connectivity index (χ4v) is 2.74. The number of halogens is 1. The molecule has 0 amide bonds. The molecule has 0 saturated carbocycles. The Morgan fingerprint density at radius 2 is 2.45 bits per heavy atom. The van der Waals surface area contributed by atoms with Crippen molar-refractivity contribution in [1.29, 1.82) is 0 Å². The van der Waals surface area contributed by atoms with Gasteiger partial charge in [0.15, 0.2) is 0 Å². The molecule has 1 aromatic carbocycles. The van der Waals surface area contributed by atoms with E-state index in [2.05, 4.69) is 40.2 Å². The molecule has 2 atom stereocenters. The van der Waals surface area contributed by atoms with Crippen LogP contribution in [0, 0.1) is 18.3 Å². The summed E-state index contributed by atoms with van der Waals surface area (Å²) in [6.07, 6.45) is 6.38. The molecule has 2 unspecified atom stereocenters. The minimum Gasteiger partial charge on any atom is -0.481 e. The molecule has 4 heteroatoms. The Hall–Kier alpha value is -1.02. The van der Waals surface area contributed by atoms with Gasteiger partial charge in [-0.25, -0.2) is 0 Å². The molecule has 0 radical (unpaired) electrons. The van der Waals surface area contributed by atoms with Crippen LogP contribution in [0.25, 0.3) is 0 Å². The topological polar surface area (TPSA) is 30.5 Å². The summed E-state index contributed by atoms with van der Waals surface area (Å²) in [5.74, 6) is 3.93. The fourth-order valence-electron chi connectivity index (χ4n) is 2.33. The molecule has 0 aliphatic carbocycles. The maximum Gasteiger partial charge on any atom is 0.148 e. The number of ether oxygens (including phenoxy) is 2. The summed E-state index contributed by atoms with van der Waals surface area (Å²) in [6.45, 7) is 4.99. The van der Waals surface area contributed by atoms with E-state index >= 15 is 0 Å². The molecule has 0 bridgehead atoms. The first kappa shape index (κ1) is 15.4. The third-order valence-corrected chi connectivity index (χ3v) is 4.11. The normalized spacial score (nSPS) is 19.6. The van der Waals surface area contributed by atoms with Gasteiger partial charge in [-0.15, -0.1) is 6.42 Å². The molecule has 1 saturated heterocycles. The molecule has 3 nitrogen and oxygen atoms in total. The minimum atomic E-state index is 0.292. The van der Waals surface area contributed by atoms with E-state index in [-0.39, 0.29) is 0 Å². The molecule has 1 fully saturated rings. The lowest BCUT2D eigenvalue weighted by molar-refractivity contribution is 0.178. The highest BCUT2D eigenvalue weighted by Crippen LogP contribution is 2.24. The SMILES string of the molecule is C#CCOc1ccc(Br)cc1CNC(C)C1CCOC1. The molecule has 1 N–H and O–H groups in total. The summed E-state index contributed by atoms with van der Waals surface area (Å²) >= 11 is 3.49. The first-order chi connectivity index (χ1) is 9.70. The van der Waals surface area contributed by atoms with E-state index in [1.165, 1.54) is 0 Å². The molecule has 0 spiro atoms. The quantitative estimate of drug-likeness (QED) is 0.809. The number of nitrogens with one attached hydrogen (secondary N) is 1. The highest BCUT2D eigenvalue weighted by Gasteiger charge is 2.22. The molecule has 1 heterocycles. The van der Waals surface area contributed by atoms with Crippen molar-refractivity contribution in [2.45, 2.75) is 25.9 Å². The zero-order valence-corrected chi connectivity index (χ0v) is 13.3. The second kappa shape index (κ2) is 7.68. The highest BCUT2D eigenvalue weighted by atomic mass is 79.9. The summed E-state index contributed by atoms with van der Waals surface area (Å²) in [6, 6.07) is 6.40. The average Bonchev–Trinajstić information content (AvgIpc) is 2.98. The summed E-state index contributed by atoms with van der Waals surface area (Å²) in [7, 11) is 0. The van der Waals surface area contributed by atoms with Gasteiger partial charge >= 0.3 is 0 Å². The van der Waals surface area contributed by atoms with Crippen LogP contribution in [0.4, 0.5) is 0 Å². The second-order valence-corrected chi connectivity index (χ2v) is 5.95. The van der Waals surface area contributed by atoms with Gasteiger partial charge in [-0.05, 0) is 37.5 Å².